The van der Waals surface area contributed by atoms with Gasteiger partial charge in [0.25, 0.3) is 0 Å². The van der Waals surface area contributed by atoms with Gasteiger partial charge in [0.1, 0.15) is 0 Å². The molecule has 3 N–H and O–H groups in total. The van der Waals surface area contributed by atoms with E-state index in [9.17, 15) is 4.79 Å². The summed E-state index contributed by atoms with van der Waals surface area (Å²) in [5, 5.41) is 0. The van der Waals surface area contributed by atoms with Crippen LogP contribution in [0.1, 0.15) is 11.3 Å². The molecule has 0 aliphatic rings. The lowest BCUT2D eigenvalue weighted by molar-refractivity contribution is 0.655. The minimum absolute atomic E-state index is 0.0543. The fraction of sp³-hybridized carbons (Fsp3) is 0.250. The second-order valence-electron chi connectivity index (χ2n) is 3.88. The molecular formula is C12H15N3O. The van der Waals surface area contributed by atoms with Crippen molar-refractivity contribution in [3.8, 4) is 0 Å². The van der Waals surface area contributed by atoms with E-state index in [-0.39, 0.29) is 5.69 Å². The first-order chi connectivity index (χ1) is 7.66. The predicted molar refractivity (Wildman–Crippen MR) is 64.3 cm³/mol. The Morgan fingerprint density at radius 3 is 2.88 bits per heavy atom. The number of hydrogen-bond donors (Lipinski definition) is 2. The van der Waals surface area contributed by atoms with Gasteiger partial charge in [-0.3, -0.25) is 4.57 Å². The summed E-state index contributed by atoms with van der Waals surface area (Å²) in [7, 11) is 0. The lowest BCUT2D eigenvalue weighted by Gasteiger charge is -2.04. The Bertz CT molecular complexity index is 539. The molecule has 1 heterocycles. The molecule has 0 saturated carbocycles. The quantitative estimate of drug-likeness (QED) is 0.761. The van der Waals surface area contributed by atoms with Crippen LogP contribution in [0.4, 0.5) is 5.69 Å². The van der Waals surface area contributed by atoms with Crippen LogP contribution in [0.2, 0.25) is 0 Å². The van der Waals surface area contributed by atoms with Crippen molar-refractivity contribution < 1.29 is 0 Å². The van der Waals surface area contributed by atoms with Gasteiger partial charge in [0.05, 0.1) is 0 Å². The molecule has 84 valence electrons. The third-order valence-electron chi connectivity index (χ3n) is 2.65. The summed E-state index contributed by atoms with van der Waals surface area (Å²) in [5.74, 6) is 0. The van der Waals surface area contributed by atoms with Crippen LogP contribution in [0.25, 0.3) is 0 Å². The van der Waals surface area contributed by atoms with Crippen molar-refractivity contribution in [2.75, 3.05) is 5.73 Å². The number of nitrogen functional groups attached to an aromatic ring is 1. The molecule has 0 radical (unpaired) electrons. The van der Waals surface area contributed by atoms with Gasteiger partial charge in [-0.15, -0.1) is 0 Å². The smallest absolute Gasteiger partial charge is 0.325 e. The third-order valence-corrected chi connectivity index (χ3v) is 2.65. The summed E-state index contributed by atoms with van der Waals surface area (Å²) < 4.78 is 1.73. The number of nitrogens with two attached hydrogens (primary N) is 1. The normalized spacial score (nSPS) is 10.6. The van der Waals surface area contributed by atoms with Crippen molar-refractivity contribution >= 4 is 5.69 Å². The van der Waals surface area contributed by atoms with Crippen molar-refractivity contribution in [1.29, 1.82) is 0 Å². The largest absolute Gasteiger partial charge is 0.399 e. The number of nitrogens with one attached hydrogen (secondary N) is 1. The summed E-state index contributed by atoms with van der Waals surface area (Å²) in [6, 6.07) is 7.74. The van der Waals surface area contributed by atoms with Gasteiger partial charge >= 0.3 is 5.69 Å². The number of nitrogens with zero attached hydrogens (tertiary/aromatic N) is 1. The molecular weight excluding hydrogens is 202 g/mol. The molecule has 0 amide bonds. The van der Waals surface area contributed by atoms with Crippen LogP contribution in [0, 0.1) is 6.92 Å². The van der Waals surface area contributed by atoms with Gasteiger partial charge in [-0.1, -0.05) is 12.1 Å². The van der Waals surface area contributed by atoms with E-state index in [0.29, 0.717) is 6.54 Å². The minimum Gasteiger partial charge on any atom is -0.399 e. The number of benzene rings is 1. The molecule has 2 aromatic rings. The van der Waals surface area contributed by atoms with E-state index in [2.05, 4.69) is 4.98 Å². The van der Waals surface area contributed by atoms with Crippen molar-refractivity contribution in [2.24, 2.45) is 0 Å². The Kier molecular flexibility index (Phi) is 2.81. The van der Waals surface area contributed by atoms with Crippen LogP contribution in [-0.4, -0.2) is 9.55 Å². The van der Waals surface area contributed by atoms with E-state index in [1.54, 1.807) is 10.8 Å². The molecule has 0 atom stereocenters. The maximum absolute atomic E-state index is 11.4. The highest BCUT2D eigenvalue weighted by atomic mass is 16.1. The van der Waals surface area contributed by atoms with Crippen molar-refractivity contribution in [2.45, 2.75) is 19.9 Å². The van der Waals surface area contributed by atoms with E-state index < -0.39 is 0 Å². The summed E-state index contributed by atoms with van der Waals surface area (Å²) in [6.07, 6.45) is 2.53. The van der Waals surface area contributed by atoms with Gasteiger partial charge in [-0.05, 0) is 31.0 Å². The Hall–Kier alpha value is -1.97. The highest BCUT2D eigenvalue weighted by molar-refractivity contribution is 5.40. The second kappa shape index (κ2) is 4.26. The molecule has 0 saturated heterocycles. The summed E-state index contributed by atoms with van der Waals surface area (Å²) in [6.45, 7) is 2.59. The van der Waals surface area contributed by atoms with Crippen molar-refractivity contribution in [1.82, 2.24) is 9.55 Å². The SMILES string of the molecule is Cc1c[nH]c(=O)n1CCc1cccc(N)c1. The molecule has 4 nitrogen and oxygen atoms in total. The molecule has 4 heteroatoms. The number of rotatable bonds is 3. The monoisotopic (exact) mass is 217 g/mol. The van der Waals surface area contributed by atoms with Gasteiger partial charge in [0, 0.05) is 24.1 Å². The van der Waals surface area contributed by atoms with E-state index in [1.807, 2.05) is 31.2 Å². The lowest BCUT2D eigenvalue weighted by Crippen LogP contribution is -2.19. The predicted octanol–water partition coefficient (Wildman–Crippen LogP) is 1.31. The van der Waals surface area contributed by atoms with Crippen LogP contribution >= 0.6 is 0 Å². The first kappa shape index (κ1) is 10.5. The summed E-state index contributed by atoms with van der Waals surface area (Å²) in [4.78, 5) is 14.1. The first-order valence-electron chi connectivity index (χ1n) is 5.26. The zero-order valence-electron chi connectivity index (χ0n) is 9.23. The Labute approximate surface area is 93.7 Å². The van der Waals surface area contributed by atoms with Gasteiger partial charge in [0.15, 0.2) is 0 Å². The maximum Gasteiger partial charge on any atom is 0.325 e. The average molecular weight is 217 g/mol. The van der Waals surface area contributed by atoms with Gasteiger partial charge < -0.3 is 10.7 Å². The van der Waals surface area contributed by atoms with E-state index in [4.69, 9.17) is 5.73 Å². The van der Waals surface area contributed by atoms with Crippen molar-refractivity contribution in [3.63, 3.8) is 0 Å². The number of aryl methyl sites for hydroxylation is 2. The highest BCUT2D eigenvalue weighted by Gasteiger charge is 2.01. The molecule has 0 spiro atoms. The number of H-pyrrole nitrogens is 1. The topological polar surface area (TPSA) is 63.8 Å². The number of imidazole rings is 1. The average Bonchev–Trinajstić information content (AvgIpc) is 2.56. The molecule has 16 heavy (non-hydrogen) atoms. The third kappa shape index (κ3) is 2.16. The number of aromatic nitrogens is 2. The van der Waals surface area contributed by atoms with Crippen molar-refractivity contribution in [3.05, 3.63) is 52.2 Å². The molecule has 0 aliphatic carbocycles. The highest BCUT2D eigenvalue weighted by Crippen LogP contribution is 2.08. The van der Waals surface area contributed by atoms with Gasteiger partial charge in [-0.25, -0.2) is 4.79 Å². The molecule has 0 bridgehead atoms. The Morgan fingerprint density at radius 1 is 1.44 bits per heavy atom. The van der Waals surface area contributed by atoms with Gasteiger partial charge in [0.2, 0.25) is 0 Å². The van der Waals surface area contributed by atoms with Gasteiger partial charge in [-0.2, -0.15) is 0 Å². The van der Waals surface area contributed by atoms with Crippen LogP contribution in [0.3, 0.4) is 0 Å². The number of anilines is 1. The lowest BCUT2D eigenvalue weighted by atomic mass is 10.1. The standard InChI is InChI=1S/C12H15N3O/c1-9-8-14-12(16)15(9)6-5-10-3-2-4-11(13)7-10/h2-4,7-8H,5-6,13H2,1H3,(H,14,16). The Morgan fingerprint density at radius 2 is 2.25 bits per heavy atom. The molecule has 0 fully saturated rings. The zero-order chi connectivity index (χ0) is 11.5. The summed E-state index contributed by atoms with van der Waals surface area (Å²) in [5.41, 5.74) is 8.50. The second-order valence-corrected chi connectivity index (χ2v) is 3.88. The maximum atomic E-state index is 11.4. The Balaban J connectivity index is 2.11. The van der Waals surface area contributed by atoms with Crippen LogP contribution in [0.5, 0.6) is 0 Å². The van der Waals surface area contributed by atoms with Crippen LogP contribution in [-0.2, 0) is 13.0 Å². The molecule has 0 unspecified atom stereocenters. The van der Waals surface area contributed by atoms with E-state index in [0.717, 1.165) is 23.4 Å². The number of aromatic amines is 1. The first-order valence-corrected chi connectivity index (χ1v) is 5.26. The minimum atomic E-state index is -0.0543. The number of hydrogen-bond acceptors (Lipinski definition) is 2. The molecule has 0 aliphatic heterocycles. The summed E-state index contributed by atoms with van der Waals surface area (Å²) >= 11 is 0. The van der Waals surface area contributed by atoms with Crippen LogP contribution in [0.15, 0.2) is 35.3 Å². The fourth-order valence-corrected chi connectivity index (χ4v) is 1.75. The zero-order valence-corrected chi connectivity index (χ0v) is 9.23. The molecule has 1 aromatic heterocycles. The fourth-order valence-electron chi connectivity index (χ4n) is 1.75. The van der Waals surface area contributed by atoms with E-state index in [1.165, 1.54) is 0 Å². The molecule has 1 aromatic carbocycles. The van der Waals surface area contributed by atoms with E-state index >= 15 is 0 Å². The molecule has 2 rings (SSSR count). The van der Waals surface area contributed by atoms with Crippen LogP contribution < -0.4 is 11.4 Å².